The van der Waals surface area contributed by atoms with Crippen LogP contribution in [-0.2, 0) is 11.2 Å². The minimum absolute atomic E-state index is 0.232. The molecule has 0 aliphatic carbocycles. The lowest BCUT2D eigenvalue weighted by molar-refractivity contribution is -0.130. The molecule has 1 saturated heterocycles. The number of likely N-dealkylation sites (tertiary alicyclic amines) is 1. The molecule has 1 aromatic carbocycles. The van der Waals surface area contributed by atoms with Crippen LogP contribution >= 0.6 is 0 Å². The van der Waals surface area contributed by atoms with Crippen molar-refractivity contribution in [3.05, 3.63) is 72.4 Å². The van der Waals surface area contributed by atoms with Gasteiger partial charge in [-0.05, 0) is 30.9 Å². The van der Waals surface area contributed by atoms with Gasteiger partial charge >= 0.3 is 0 Å². The summed E-state index contributed by atoms with van der Waals surface area (Å²) in [7, 11) is 0. The standard InChI is InChI=1S/C22H24N6O/c29-21(8-4-7-17-5-2-1-3-6-17)28-14-10-18(16-28)19-9-11-25-22(26-19)27-20-15-23-12-13-24-20/h1-3,5-6,9,11-13,15,18H,4,7-8,10,14,16H2,(H,24,25,26,27)/t18-/m0/s1. The lowest BCUT2D eigenvalue weighted by atomic mass is 10.1. The fourth-order valence-electron chi connectivity index (χ4n) is 3.61. The molecule has 7 nitrogen and oxygen atoms in total. The molecule has 0 spiro atoms. The van der Waals surface area contributed by atoms with Crippen LogP contribution in [0.4, 0.5) is 11.8 Å². The Morgan fingerprint density at radius 3 is 2.83 bits per heavy atom. The molecule has 7 heteroatoms. The summed E-state index contributed by atoms with van der Waals surface area (Å²) < 4.78 is 0. The molecule has 2 aromatic heterocycles. The molecule has 1 atom stereocenters. The van der Waals surface area contributed by atoms with E-state index in [-0.39, 0.29) is 11.8 Å². The summed E-state index contributed by atoms with van der Waals surface area (Å²) in [5, 5.41) is 3.07. The van der Waals surface area contributed by atoms with Crippen LogP contribution in [0.25, 0.3) is 0 Å². The van der Waals surface area contributed by atoms with Gasteiger partial charge in [0.25, 0.3) is 0 Å². The zero-order chi connectivity index (χ0) is 19.9. The molecule has 0 saturated carbocycles. The highest BCUT2D eigenvalue weighted by Gasteiger charge is 2.28. The second kappa shape index (κ2) is 9.23. The number of rotatable bonds is 7. The van der Waals surface area contributed by atoms with Crippen molar-refractivity contribution in [2.24, 2.45) is 0 Å². The van der Waals surface area contributed by atoms with Crippen LogP contribution in [0.5, 0.6) is 0 Å². The van der Waals surface area contributed by atoms with Gasteiger partial charge in [0.05, 0.1) is 11.9 Å². The van der Waals surface area contributed by atoms with Crippen LogP contribution in [0.15, 0.2) is 61.2 Å². The molecule has 1 N–H and O–H groups in total. The third kappa shape index (κ3) is 5.13. The van der Waals surface area contributed by atoms with Crippen LogP contribution in [0.2, 0.25) is 0 Å². The van der Waals surface area contributed by atoms with Crippen molar-refractivity contribution < 1.29 is 4.79 Å². The van der Waals surface area contributed by atoms with Gasteiger partial charge < -0.3 is 10.2 Å². The van der Waals surface area contributed by atoms with E-state index in [4.69, 9.17) is 0 Å². The number of aryl methyl sites for hydroxylation is 1. The number of benzene rings is 1. The summed E-state index contributed by atoms with van der Waals surface area (Å²) in [4.78, 5) is 31.6. The van der Waals surface area contributed by atoms with Crippen molar-refractivity contribution in [2.75, 3.05) is 18.4 Å². The van der Waals surface area contributed by atoms with Crippen LogP contribution in [0.1, 0.15) is 36.4 Å². The SMILES string of the molecule is O=C(CCCc1ccccc1)N1CC[C@H](c2ccnc(Nc3cnccn3)n2)C1. The first-order chi connectivity index (χ1) is 14.3. The first-order valence-electron chi connectivity index (χ1n) is 9.95. The van der Waals surface area contributed by atoms with E-state index in [1.165, 1.54) is 5.56 Å². The van der Waals surface area contributed by atoms with E-state index in [1.807, 2.05) is 29.2 Å². The molecule has 3 heterocycles. The number of aromatic nitrogens is 4. The molecule has 1 aliphatic rings. The molecular weight excluding hydrogens is 364 g/mol. The second-order valence-electron chi connectivity index (χ2n) is 7.19. The quantitative estimate of drug-likeness (QED) is 0.668. The number of nitrogens with one attached hydrogen (secondary N) is 1. The van der Waals surface area contributed by atoms with Crippen molar-refractivity contribution in [3.8, 4) is 0 Å². The number of amides is 1. The van der Waals surface area contributed by atoms with Gasteiger partial charge in [-0.25, -0.2) is 15.0 Å². The molecular formula is C22H24N6O. The lowest BCUT2D eigenvalue weighted by Crippen LogP contribution is -2.28. The van der Waals surface area contributed by atoms with E-state index in [0.717, 1.165) is 31.5 Å². The fourth-order valence-corrected chi connectivity index (χ4v) is 3.61. The zero-order valence-corrected chi connectivity index (χ0v) is 16.2. The number of anilines is 2. The third-order valence-corrected chi connectivity index (χ3v) is 5.14. The predicted molar refractivity (Wildman–Crippen MR) is 111 cm³/mol. The van der Waals surface area contributed by atoms with E-state index in [9.17, 15) is 4.79 Å². The summed E-state index contributed by atoms with van der Waals surface area (Å²) in [5.74, 6) is 1.57. The smallest absolute Gasteiger partial charge is 0.228 e. The molecule has 1 aliphatic heterocycles. The summed E-state index contributed by atoms with van der Waals surface area (Å²) in [6, 6.07) is 12.2. The van der Waals surface area contributed by atoms with Crippen molar-refractivity contribution in [2.45, 2.75) is 31.6 Å². The topological polar surface area (TPSA) is 83.9 Å². The van der Waals surface area contributed by atoms with Crippen molar-refractivity contribution in [1.82, 2.24) is 24.8 Å². The molecule has 0 unspecified atom stereocenters. The zero-order valence-electron chi connectivity index (χ0n) is 16.2. The maximum atomic E-state index is 12.6. The van der Waals surface area contributed by atoms with Crippen LogP contribution < -0.4 is 5.32 Å². The highest BCUT2D eigenvalue weighted by atomic mass is 16.2. The number of carbonyl (C=O) groups is 1. The molecule has 1 fully saturated rings. The van der Waals surface area contributed by atoms with Gasteiger partial charge in [0.2, 0.25) is 11.9 Å². The minimum atomic E-state index is 0.232. The van der Waals surface area contributed by atoms with Gasteiger partial charge in [-0.1, -0.05) is 30.3 Å². The van der Waals surface area contributed by atoms with Gasteiger partial charge in [-0.2, -0.15) is 0 Å². The molecule has 0 radical (unpaired) electrons. The molecule has 3 aromatic rings. The van der Waals surface area contributed by atoms with Crippen LogP contribution in [0, 0.1) is 0 Å². The van der Waals surface area contributed by atoms with Gasteiger partial charge in [-0.3, -0.25) is 9.78 Å². The Balaban J connectivity index is 1.30. The fraction of sp³-hybridized carbons (Fsp3) is 0.318. The average molecular weight is 388 g/mol. The molecule has 1 amide bonds. The molecule has 0 bridgehead atoms. The number of hydrogen-bond donors (Lipinski definition) is 1. The van der Waals surface area contributed by atoms with Gasteiger partial charge in [0.15, 0.2) is 5.82 Å². The van der Waals surface area contributed by atoms with Crippen molar-refractivity contribution in [1.29, 1.82) is 0 Å². The van der Waals surface area contributed by atoms with E-state index >= 15 is 0 Å². The minimum Gasteiger partial charge on any atom is -0.342 e. The average Bonchev–Trinajstić information content (AvgIpc) is 3.26. The van der Waals surface area contributed by atoms with E-state index < -0.39 is 0 Å². The Bertz CT molecular complexity index is 934. The summed E-state index contributed by atoms with van der Waals surface area (Å²) in [6.45, 7) is 1.50. The summed E-state index contributed by atoms with van der Waals surface area (Å²) in [6.07, 6.45) is 9.93. The molecule has 148 valence electrons. The molecule has 29 heavy (non-hydrogen) atoms. The van der Waals surface area contributed by atoms with Crippen LogP contribution in [-0.4, -0.2) is 43.8 Å². The Kier molecular flexibility index (Phi) is 6.04. The maximum Gasteiger partial charge on any atom is 0.228 e. The van der Waals surface area contributed by atoms with E-state index in [2.05, 4.69) is 37.4 Å². The van der Waals surface area contributed by atoms with Crippen molar-refractivity contribution >= 4 is 17.7 Å². The Hall–Kier alpha value is -3.35. The summed E-state index contributed by atoms with van der Waals surface area (Å²) >= 11 is 0. The maximum absolute atomic E-state index is 12.6. The van der Waals surface area contributed by atoms with Gasteiger partial charge in [-0.15, -0.1) is 0 Å². The van der Waals surface area contributed by atoms with E-state index in [1.54, 1.807) is 24.8 Å². The Morgan fingerprint density at radius 1 is 1.10 bits per heavy atom. The Labute approximate surface area is 170 Å². The first kappa shape index (κ1) is 19.0. The predicted octanol–water partition coefficient (Wildman–Crippen LogP) is 3.35. The monoisotopic (exact) mass is 388 g/mol. The lowest BCUT2D eigenvalue weighted by Gasteiger charge is -2.16. The number of carbonyl (C=O) groups excluding carboxylic acids is 1. The van der Waals surface area contributed by atoms with Crippen LogP contribution in [0.3, 0.4) is 0 Å². The molecule has 4 rings (SSSR count). The highest BCUT2D eigenvalue weighted by molar-refractivity contribution is 5.76. The number of hydrogen-bond acceptors (Lipinski definition) is 6. The van der Waals surface area contributed by atoms with Crippen molar-refractivity contribution in [3.63, 3.8) is 0 Å². The largest absolute Gasteiger partial charge is 0.342 e. The first-order valence-corrected chi connectivity index (χ1v) is 9.95. The number of nitrogens with zero attached hydrogens (tertiary/aromatic N) is 5. The third-order valence-electron chi connectivity index (χ3n) is 5.14. The van der Waals surface area contributed by atoms with E-state index in [0.29, 0.717) is 24.7 Å². The van der Waals surface area contributed by atoms with Gasteiger partial charge in [0.1, 0.15) is 0 Å². The summed E-state index contributed by atoms with van der Waals surface area (Å²) in [5.41, 5.74) is 2.23. The highest BCUT2D eigenvalue weighted by Crippen LogP contribution is 2.27. The van der Waals surface area contributed by atoms with Gasteiger partial charge in [0, 0.05) is 44.0 Å². The normalized spacial score (nSPS) is 16.0. The second-order valence-corrected chi connectivity index (χ2v) is 7.19. The Morgan fingerprint density at radius 2 is 2.00 bits per heavy atom.